The molecule has 0 fully saturated rings. The van der Waals surface area contributed by atoms with E-state index in [9.17, 15) is 10.1 Å². The van der Waals surface area contributed by atoms with Gasteiger partial charge in [-0.3, -0.25) is 10.1 Å². The number of nitrogen functional groups attached to an aromatic ring is 1. The SMILES string of the molecule is Cc1c(C)c2c(c([N+](=O)[O-])c1N)CC(C)(C)O2. The first-order valence-corrected chi connectivity index (χ1v) is 5.49. The van der Waals surface area contributed by atoms with Gasteiger partial charge in [-0.05, 0) is 38.8 Å². The lowest BCUT2D eigenvalue weighted by atomic mass is 9.95. The minimum atomic E-state index is -0.411. The zero-order valence-electron chi connectivity index (χ0n) is 10.5. The van der Waals surface area contributed by atoms with Crippen LogP contribution >= 0.6 is 0 Å². The van der Waals surface area contributed by atoms with Gasteiger partial charge in [0.25, 0.3) is 5.69 Å². The minimum Gasteiger partial charge on any atom is -0.487 e. The van der Waals surface area contributed by atoms with Crippen LogP contribution in [0.5, 0.6) is 5.75 Å². The summed E-state index contributed by atoms with van der Waals surface area (Å²) in [5.41, 5.74) is 7.96. The summed E-state index contributed by atoms with van der Waals surface area (Å²) in [5.74, 6) is 0.633. The van der Waals surface area contributed by atoms with Gasteiger partial charge in [-0.1, -0.05) is 0 Å². The molecule has 2 rings (SSSR count). The summed E-state index contributed by atoms with van der Waals surface area (Å²) in [6.07, 6.45) is 0.518. The van der Waals surface area contributed by atoms with Crippen molar-refractivity contribution in [2.45, 2.75) is 39.7 Å². The Morgan fingerprint density at radius 3 is 2.47 bits per heavy atom. The Labute approximate surface area is 99.7 Å². The van der Waals surface area contributed by atoms with Gasteiger partial charge in [-0.2, -0.15) is 0 Å². The second kappa shape index (κ2) is 3.35. The summed E-state index contributed by atoms with van der Waals surface area (Å²) < 4.78 is 5.79. The Balaban J connectivity index is 2.77. The summed E-state index contributed by atoms with van der Waals surface area (Å²) >= 11 is 0. The zero-order chi connectivity index (χ0) is 13.0. The molecule has 1 aliphatic rings. The fourth-order valence-corrected chi connectivity index (χ4v) is 2.30. The van der Waals surface area contributed by atoms with Crippen molar-refractivity contribution in [1.29, 1.82) is 0 Å². The van der Waals surface area contributed by atoms with Crippen LogP contribution in [0, 0.1) is 24.0 Å². The number of ether oxygens (including phenoxy) is 1. The maximum atomic E-state index is 11.1. The molecule has 0 saturated heterocycles. The van der Waals surface area contributed by atoms with Gasteiger partial charge in [0.1, 0.15) is 17.0 Å². The average Bonchev–Trinajstić information content (AvgIpc) is 2.50. The van der Waals surface area contributed by atoms with Gasteiger partial charge in [-0.15, -0.1) is 0 Å². The maximum Gasteiger partial charge on any atom is 0.299 e. The first-order valence-electron chi connectivity index (χ1n) is 5.49. The third-order valence-corrected chi connectivity index (χ3v) is 3.29. The van der Waals surface area contributed by atoms with Crippen molar-refractivity contribution in [1.82, 2.24) is 0 Å². The lowest BCUT2D eigenvalue weighted by Gasteiger charge is -2.18. The average molecular weight is 236 g/mol. The van der Waals surface area contributed by atoms with Crippen molar-refractivity contribution in [3.05, 3.63) is 26.8 Å². The Morgan fingerprint density at radius 1 is 1.35 bits per heavy atom. The third-order valence-electron chi connectivity index (χ3n) is 3.29. The van der Waals surface area contributed by atoms with Crippen LogP contribution in [0.1, 0.15) is 30.5 Å². The maximum absolute atomic E-state index is 11.1. The predicted octanol–water partition coefficient (Wildman–Crippen LogP) is 2.51. The molecule has 0 amide bonds. The standard InChI is InChI=1S/C12H16N2O3/c1-6-7(2)11-8(5-12(3,4)17-11)10(9(6)13)14(15)16/h5,13H2,1-4H3. The second-order valence-electron chi connectivity index (χ2n) is 5.12. The number of nitro groups is 1. The van der Waals surface area contributed by atoms with Gasteiger partial charge in [-0.25, -0.2) is 0 Å². The highest BCUT2D eigenvalue weighted by atomic mass is 16.6. The quantitative estimate of drug-likeness (QED) is 0.461. The van der Waals surface area contributed by atoms with Crippen molar-refractivity contribution in [2.24, 2.45) is 0 Å². The molecular formula is C12H16N2O3. The van der Waals surface area contributed by atoms with E-state index in [4.69, 9.17) is 10.5 Å². The highest BCUT2D eigenvalue weighted by Gasteiger charge is 2.39. The molecule has 0 radical (unpaired) electrons. The number of nitrogens with two attached hydrogens (primary N) is 1. The number of fused-ring (bicyclic) bond motifs is 1. The van der Waals surface area contributed by atoms with Gasteiger partial charge in [0.2, 0.25) is 0 Å². The number of nitrogens with zero attached hydrogens (tertiary/aromatic N) is 1. The van der Waals surface area contributed by atoms with E-state index in [2.05, 4.69) is 0 Å². The molecule has 0 unspecified atom stereocenters. The van der Waals surface area contributed by atoms with E-state index in [0.717, 1.165) is 11.1 Å². The Morgan fingerprint density at radius 2 is 1.94 bits per heavy atom. The van der Waals surface area contributed by atoms with E-state index in [0.29, 0.717) is 17.7 Å². The molecule has 0 aliphatic carbocycles. The van der Waals surface area contributed by atoms with E-state index >= 15 is 0 Å². The van der Waals surface area contributed by atoms with Gasteiger partial charge < -0.3 is 10.5 Å². The van der Waals surface area contributed by atoms with E-state index in [1.165, 1.54) is 0 Å². The number of hydrogen-bond acceptors (Lipinski definition) is 4. The van der Waals surface area contributed by atoms with Gasteiger partial charge in [0.05, 0.1) is 10.5 Å². The molecule has 0 spiro atoms. The summed E-state index contributed by atoms with van der Waals surface area (Å²) in [6.45, 7) is 7.51. The van der Waals surface area contributed by atoms with Crippen molar-refractivity contribution in [2.75, 3.05) is 5.73 Å². The molecule has 0 aromatic heterocycles. The molecule has 2 N–H and O–H groups in total. The van der Waals surface area contributed by atoms with Gasteiger partial charge in [0.15, 0.2) is 0 Å². The van der Waals surface area contributed by atoms with Crippen molar-refractivity contribution in [3.8, 4) is 5.75 Å². The largest absolute Gasteiger partial charge is 0.487 e. The van der Waals surface area contributed by atoms with Crippen molar-refractivity contribution < 1.29 is 9.66 Å². The molecule has 5 heteroatoms. The number of rotatable bonds is 1. The van der Waals surface area contributed by atoms with Crippen LogP contribution in [0.25, 0.3) is 0 Å². The molecule has 0 atom stereocenters. The third kappa shape index (κ3) is 1.62. The summed E-state index contributed by atoms with van der Waals surface area (Å²) in [4.78, 5) is 10.7. The Bertz CT molecular complexity index is 521. The topological polar surface area (TPSA) is 78.4 Å². The van der Waals surface area contributed by atoms with Crippen LogP contribution in [-0.2, 0) is 6.42 Å². The smallest absolute Gasteiger partial charge is 0.299 e. The Kier molecular flexibility index (Phi) is 2.31. The van der Waals surface area contributed by atoms with E-state index in [-0.39, 0.29) is 11.4 Å². The van der Waals surface area contributed by atoms with Crippen molar-refractivity contribution >= 4 is 11.4 Å². The molecule has 1 heterocycles. The van der Waals surface area contributed by atoms with Crippen LogP contribution in [0.3, 0.4) is 0 Å². The van der Waals surface area contributed by atoms with Crippen molar-refractivity contribution in [3.63, 3.8) is 0 Å². The summed E-state index contributed by atoms with van der Waals surface area (Å²) in [7, 11) is 0. The number of anilines is 1. The zero-order valence-corrected chi connectivity index (χ0v) is 10.5. The number of hydrogen-bond donors (Lipinski definition) is 1. The fraction of sp³-hybridized carbons (Fsp3) is 0.500. The van der Waals surface area contributed by atoms with E-state index < -0.39 is 10.5 Å². The second-order valence-corrected chi connectivity index (χ2v) is 5.12. The number of nitro benzene ring substituents is 1. The molecule has 1 aliphatic heterocycles. The van der Waals surface area contributed by atoms with E-state index in [1.807, 2.05) is 20.8 Å². The minimum absolute atomic E-state index is 0.00803. The van der Waals surface area contributed by atoms with E-state index in [1.54, 1.807) is 6.92 Å². The van der Waals surface area contributed by atoms with Gasteiger partial charge >= 0.3 is 0 Å². The molecule has 5 nitrogen and oxygen atoms in total. The Hall–Kier alpha value is -1.78. The van der Waals surface area contributed by atoms with Crippen LogP contribution in [0.15, 0.2) is 0 Å². The highest BCUT2D eigenvalue weighted by molar-refractivity contribution is 5.74. The molecule has 92 valence electrons. The predicted molar refractivity (Wildman–Crippen MR) is 65.4 cm³/mol. The normalized spacial score (nSPS) is 16.5. The summed E-state index contributed by atoms with van der Waals surface area (Å²) in [6, 6.07) is 0. The lowest BCUT2D eigenvalue weighted by Crippen LogP contribution is -2.24. The van der Waals surface area contributed by atoms with Crippen LogP contribution in [0.2, 0.25) is 0 Å². The first-order chi connectivity index (χ1) is 7.74. The molecular weight excluding hydrogens is 220 g/mol. The highest BCUT2D eigenvalue weighted by Crippen LogP contribution is 2.47. The molecule has 17 heavy (non-hydrogen) atoms. The molecule has 1 aromatic rings. The first kappa shape index (κ1) is 11.7. The van der Waals surface area contributed by atoms with Crippen LogP contribution < -0.4 is 10.5 Å². The molecule has 0 saturated carbocycles. The molecule has 0 bridgehead atoms. The summed E-state index contributed by atoms with van der Waals surface area (Å²) in [5, 5.41) is 11.1. The van der Waals surface area contributed by atoms with Gasteiger partial charge in [0, 0.05) is 6.42 Å². The number of benzene rings is 1. The monoisotopic (exact) mass is 236 g/mol. The molecule has 1 aromatic carbocycles. The fourth-order valence-electron chi connectivity index (χ4n) is 2.30. The van der Waals surface area contributed by atoms with Crippen LogP contribution in [-0.4, -0.2) is 10.5 Å². The lowest BCUT2D eigenvalue weighted by molar-refractivity contribution is -0.384. The van der Waals surface area contributed by atoms with Crippen LogP contribution in [0.4, 0.5) is 11.4 Å².